The predicted octanol–water partition coefficient (Wildman–Crippen LogP) is 3.39. The van der Waals surface area contributed by atoms with E-state index in [-0.39, 0.29) is 10.8 Å². The summed E-state index contributed by atoms with van der Waals surface area (Å²) in [6.07, 6.45) is 5.43. The van der Waals surface area contributed by atoms with Crippen molar-refractivity contribution in [2.45, 2.75) is 47.5 Å². The Morgan fingerprint density at radius 3 is 2.50 bits per heavy atom. The molecule has 1 heterocycles. The van der Waals surface area contributed by atoms with Gasteiger partial charge in [-0.2, -0.15) is 0 Å². The molecule has 1 amide bonds. The lowest BCUT2D eigenvalue weighted by Crippen LogP contribution is -2.33. The van der Waals surface area contributed by atoms with Crippen molar-refractivity contribution < 1.29 is 13.2 Å². The third-order valence-electron chi connectivity index (χ3n) is 4.82. The van der Waals surface area contributed by atoms with Gasteiger partial charge in [0.2, 0.25) is 5.91 Å². The van der Waals surface area contributed by atoms with Crippen LogP contribution in [0.4, 0.5) is 0 Å². The first-order valence-electron chi connectivity index (χ1n) is 8.35. The minimum Gasteiger partial charge on any atom is -0.341 e. The maximum absolute atomic E-state index is 12.7. The van der Waals surface area contributed by atoms with Crippen LogP contribution in [0.2, 0.25) is 5.02 Å². The van der Waals surface area contributed by atoms with Crippen molar-refractivity contribution in [3.8, 4) is 0 Å². The molecule has 0 radical (unpaired) electrons. The number of carbonyl (C=O) groups is 1. The molecule has 132 valence electrons. The van der Waals surface area contributed by atoms with Crippen molar-refractivity contribution in [3.05, 3.63) is 29.3 Å². The van der Waals surface area contributed by atoms with E-state index in [4.69, 9.17) is 11.6 Å². The molecule has 0 N–H and O–H groups in total. The van der Waals surface area contributed by atoms with Gasteiger partial charge in [-0.15, -0.1) is 11.8 Å². The maximum atomic E-state index is 12.7. The molecular weight excluding hydrogens is 366 g/mol. The Morgan fingerprint density at radius 2 is 1.83 bits per heavy atom. The number of amides is 1. The van der Waals surface area contributed by atoms with E-state index in [0.29, 0.717) is 35.5 Å². The third-order valence-corrected chi connectivity index (χ3v) is 8.62. The molecule has 1 aromatic carbocycles. The summed E-state index contributed by atoms with van der Waals surface area (Å²) in [5.41, 5.74) is 0. The molecule has 3 rings (SSSR count). The Balaban J connectivity index is 1.57. The Bertz CT molecular complexity index is 684. The zero-order chi connectivity index (χ0) is 17.2. The number of likely N-dealkylation sites (tertiary alicyclic amines) is 1. The molecule has 0 aromatic heterocycles. The van der Waals surface area contributed by atoms with Crippen LogP contribution in [-0.2, 0) is 14.6 Å². The monoisotopic (exact) mass is 387 g/mol. The van der Waals surface area contributed by atoms with E-state index in [0.717, 1.165) is 0 Å². The fraction of sp³-hybridized carbons (Fsp3) is 0.588. The average Bonchev–Trinajstić information content (AvgIpc) is 3.25. The fourth-order valence-electron chi connectivity index (χ4n) is 3.36. The van der Waals surface area contributed by atoms with E-state index in [1.165, 1.54) is 37.8 Å². The molecule has 0 spiro atoms. The standard InChI is InChI=1S/C17H22ClNO3S2/c18-13-5-7-15(8-6-13)24(21,22)16-9-10-19(11-16)17(20)12-23-14-3-1-2-4-14/h5-8,14,16H,1-4,9-12H2/t16-/m0/s1. The summed E-state index contributed by atoms with van der Waals surface area (Å²) in [6.45, 7) is 0.830. The van der Waals surface area contributed by atoms with E-state index >= 15 is 0 Å². The van der Waals surface area contributed by atoms with Gasteiger partial charge in [0.15, 0.2) is 9.84 Å². The van der Waals surface area contributed by atoms with Crippen LogP contribution in [0.15, 0.2) is 29.2 Å². The Labute approximate surface area is 152 Å². The van der Waals surface area contributed by atoms with Crippen molar-refractivity contribution >= 4 is 39.1 Å². The first kappa shape index (κ1) is 18.1. The molecule has 1 atom stereocenters. The van der Waals surface area contributed by atoms with E-state index in [1.54, 1.807) is 28.8 Å². The Hall–Kier alpha value is -0.720. The minimum absolute atomic E-state index is 0.0701. The van der Waals surface area contributed by atoms with Gasteiger partial charge >= 0.3 is 0 Å². The third kappa shape index (κ3) is 4.09. The maximum Gasteiger partial charge on any atom is 0.232 e. The normalized spacial score (nSPS) is 22.2. The highest BCUT2D eigenvalue weighted by atomic mass is 35.5. The van der Waals surface area contributed by atoms with Crippen molar-refractivity contribution in [1.29, 1.82) is 0 Å². The SMILES string of the molecule is O=C(CSC1CCCC1)N1CC[C@H](S(=O)(=O)c2ccc(Cl)cc2)C1. The van der Waals surface area contributed by atoms with Crippen LogP contribution in [0.25, 0.3) is 0 Å². The highest BCUT2D eigenvalue weighted by Gasteiger charge is 2.36. The van der Waals surface area contributed by atoms with Crippen LogP contribution in [0.3, 0.4) is 0 Å². The van der Waals surface area contributed by atoms with Gasteiger partial charge in [-0.25, -0.2) is 8.42 Å². The number of sulfone groups is 1. The number of halogens is 1. The molecule has 1 saturated heterocycles. The molecular formula is C17H22ClNO3S2. The van der Waals surface area contributed by atoms with Gasteiger partial charge in [0.25, 0.3) is 0 Å². The summed E-state index contributed by atoms with van der Waals surface area (Å²) < 4.78 is 25.4. The average molecular weight is 388 g/mol. The number of nitrogens with zero attached hydrogens (tertiary/aromatic N) is 1. The van der Waals surface area contributed by atoms with Crippen LogP contribution in [0, 0.1) is 0 Å². The van der Waals surface area contributed by atoms with Gasteiger partial charge in [0.05, 0.1) is 15.9 Å². The smallest absolute Gasteiger partial charge is 0.232 e. The van der Waals surface area contributed by atoms with Crippen LogP contribution >= 0.6 is 23.4 Å². The zero-order valence-corrected chi connectivity index (χ0v) is 15.9. The quantitative estimate of drug-likeness (QED) is 0.777. The molecule has 0 unspecified atom stereocenters. The molecule has 24 heavy (non-hydrogen) atoms. The molecule has 1 saturated carbocycles. The lowest BCUT2D eigenvalue weighted by molar-refractivity contribution is -0.127. The van der Waals surface area contributed by atoms with Crippen LogP contribution < -0.4 is 0 Å². The van der Waals surface area contributed by atoms with Crippen LogP contribution in [-0.4, -0.2) is 48.6 Å². The first-order valence-corrected chi connectivity index (χ1v) is 11.3. The van der Waals surface area contributed by atoms with Gasteiger partial charge in [-0.3, -0.25) is 4.79 Å². The number of thioether (sulfide) groups is 1. The molecule has 1 aliphatic heterocycles. The summed E-state index contributed by atoms with van der Waals surface area (Å²) >= 11 is 7.56. The Morgan fingerprint density at radius 1 is 1.17 bits per heavy atom. The van der Waals surface area contributed by atoms with Crippen molar-refractivity contribution in [1.82, 2.24) is 4.90 Å². The summed E-state index contributed by atoms with van der Waals surface area (Å²) in [7, 11) is -3.41. The van der Waals surface area contributed by atoms with Crippen molar-refractivity contribution in [3.63, 3.8) is 0 Å². The van der Waals surface area contributed by atoms with E-state index in [9.17, 15) is 13.2 Å². The van der Waals surface area contributed by atoms with Crippen molar-refractivity contribution in [2.24, 2.45) is 0 Å². The largest absolute Gasteiger partial charge is 0.341 e. The summed E-state index contributed by atoms with van der Waals surface area (Å²) in [5.74, 6) is 0.541. The summed E-state index contributed by atoms with van der Waals surface area (Å²) in [5, 5.41) is 0.602. The minimum atomic E-state index is -3.41. The highest BCUT2D eigenvalue weighted by molar-refractivity contribution is 8.00. The van der Waals surface area contributed by atoms with E-state index in [2.05, 4.69) is 0 Å². The molecule has 2 aliphatic rings. The first-order chi connectivity index (χ1) is 11.5. The van der Waals surface area contributed by atoms with Gasteiger partial charge in [0.1, 0.15) is 0 Å². The molecule has 4 nitrogen and oxygen atoms in total. The second-order valence-corrected chi connectivity index (χ2v) is 10.4. The number of hydrogen-bond donors (Lipinski definition) is 0. The second-order valence-electron chi connectivity index (χ2n) is 6.47. The lowest BCUT2D eigenvalue weighted by atomic mass is 10.4. The lowest BCUT2D eigenvalue weighted by Gasteiger charge is -2.18. The van der Waals surface area contributed by atoms with Gasteiger partial charge in [-0.05, 0) is 43.5 Å². The number of benzene rings is 1. The van der Waals surface area contributed by atoms with Gasteiger partial charge in [0, 0.05) is 23.4 Å². The molecule has 7 heteroatoms. The van der Waals surface area contributed by atoms with Gasteiger partial charge < -0.3 is 4.90 Å². The van der Waals surface area contributed by atoms with Crippen LogP contribution in [0.5, 0.6) is 0 Å². The molecule has 2 fully saturated rings. The molecule has 1 aliphatic carbocycles. The Kier molecular flexibility index (Phi) is 5.78. The molecule has 1 aromatic rings. The predicted molar refractivity (Wildman–Crippen MR) is 98.3 cm³/mol. The topological polar surface area (TPSA) is 54.5 Å². The highest BCUT2D eigenvalue weighted by Crippen LogP contribution is 2.30. The van der Waals surface area contributed by atoms with Crippen molar-refractivity contribution in [2.75, 3.05) is 18.8 Å². The number of rotatable bonds is 5. The van der Waals surface area contributed by atoms with Gasteiger partial charge in [-0.1, -0.05) is 24.4 Å². The summed E-state index contributed by atoms with van der Waals surface area (Å²) in [4.78, 5) is 14.3. The van der Waals surface area contributed by atoms with Crippen LogP contribution in [0.1, 0.15) is 32.1 Å². The fourth-order valence-corrected chi connectivity index (χ4v) is 6.41. The van der Waals surface area contributed by atoms with E-state index < -0.39 is 15.1 Å². The summed E-state index contributed by atoms with van der Waals surface area (Å²) in [6, 6.07) is 6.26. The second kappa shape index (κ2) is 7.67. The zero-order valence-electron chi connectivity index (χ0n) is 13.5. The number of hydrogen-bond acceptors (Lipinski definition) is 4. The number of carbonyl (C=O) groups excluding carboxylic acids is 1. The van der Waals surface area contributed by atoms with E-state index in [1.807, 2.05) is 0 Å². The molecule has 0 bridgehead atoms.